The summed E-state index contributed by atoms with van der Waals surface area (Å²) in [5, 5.41) is 4.25. The summed E-state index contributed by atoms with van der Waals surface area (Å²) < 4.78 is 87.0. The van der Waals surface area contributed by atoms with Crippen LogP contribution in [0.5, 0.6) is 5.75 Å². The lowest BCUT2D eigenvalue weighted by molar-refractivity contribution is -0.150. The Bertz CT molecular complexity index is 1400. The maximum absolute atomic E-state index is 14.2. The zero-order chi connectivity index (χ0) is 37.2. The molecule has 284 valence electrons. The number of halogens is 6. The molecule has 2 fully saturated rings. The third-order valence-electron chi connectivity index (χ3n) is 9.98. The minimum absolute atomic E-state index is 0.0126. The molecular formula is C38H52F6N4O3. The minimum Gasteiger partial charge on any atom is -0.477 e. The van der Waals surface area contributed by atoms with Gasteiger partial charge >= 0.3 is 12.4 Å². The summed E-state index contributed by atoms with van der Waals surface area (Å²) in [5.41, 5.74) is -3.00. The summed E-state index contributed by atoms with van der Waals surface area (Å²) in [6.45, 7) is 10.8. The molecule has 0 radical (unpaired) electrons. The molecule has 0 N–H and O–H groups in total. The molecule has 2 aliphatic rings. The second-order valence-corrected chi connectivity index (χ2v) is 13.9. The standard InChI is InChI=1S/C38H52F6N4O3/c1-5-17-36(6-2,35(49)48(7-3)25-28-15-20-46(4)21-16-28)51-33-13-11-30(12-14-33)34(26-47-18-9-8-10-19-47)45-50-27-29-22-31(37(39,40)41)24-32(23-29)38(42,43)44/h11-14,22-24,28H,5-10,15-21,25-27H2,1-4H3. The zero-order valence-corrected chi connectivity index (χ0v) is 30.2. The lowest BCUT2D eigenvalue weighted by atomic mass is 9.90. The van der Waals surface area contributed by atoms with E-state index in [4.69, 9.17) is 9.57 Å². The van der Waals surface area contributed by atoms with Crippen LogP contribution < -0.4 is 4.74 Å². The van der Waals surface area contributed by atoms with Crippen LogP contribution in [0.4, 0.5) is 26.3 Å². The van der Waals surface area contributed by atoms with Gasteiger partial charge in [-0.2, -0.15) is 26.3 Å². The number of ether oxygens (including phenoxy) is 1. The Labute approximate surface area is 297 Å². The van der Waals surface area contributed by atoms with Gasteiger partial charge in [0.2, 0.25) is 0 Å². The van der Waals surface area contributed by atoms with Crippen LogP contribution in [0.2, 0.25) is 0 Å². The summed E-state index contributed by atoms with van der Waals surface area (Å²) >= 11 is 0. The van der Waals surface area contributed by atoms with E-state index < -0.39 is 35.7 Å². The van der Waals surface area contributed by atoms with Crippen LogP contribution in [0.15, 0.2) is 47.6 Å². The van der Waals surface area contributed by atoms with Gasteiger partial charge in [-0.15, -0.1) is 0 Å². The lowest BCUT2D eigenvalue weighted by Crippen LogP contribution is -2.54. The molecule has 1 unspecified atom stereocenters. The molecule has 4 rings (SSSR count). The molecule has 0 aliphatic carbocycles. The summed E-state index contributed by atoms with van der Waals surface area (Å²) in [6, 6.07) is 8.50. The van der Waals surface area contributed by atoms with Gasteiger partial charge in [0.25, 0.3) is 5.91 Å². The van der Waals surface area contributed by atoms with Gasteiger partial charge in [-0.3, -0.25) is 9.69 Å². The molecule has 2 aromatic rings. The Balaban J connectivity index is 1.55. The van der Waals surface area contributed by atoms with Gasteiger partial charge in [-0.1, -0.05) is 31.8 Å². The van der Waals surface area contributed by atoms with Gasteiger partial charge in [0.1, 0.15) is 18.1 Å². The molecule has 13 heteroatoms. The summed E-state index contributed by atoms with van der Waals surface area (Å²) in [5.74, 6) is 0.946. The second kappa shape index (κ2) is 17.9. The molecule has 2 aromatic carbocycles. The highest BCUT2D eigenvalue weighted by molar-refractivity contribution is 6.01. The van der Waals surface area contributed by atoms with E-state index in [0.717, 1.165) is 64.7 Å². The first kappa shape index (κ1) is 40.5. The molecular weight excluding hydrogens is 674 g/mol. The number of carbonyl (C=O) groups is 1. The number of amides is 1. The fourth-order valence-corrected chi connectivity index (χ4v) is 6.94. The SMILES string of the molecule is CCCC(CC)(Oc1ccc(C(CN2CCCCC2)=NOCc2cc(C(F)(F)F)cc(C(F)(F)F)c2)cc1)C(=O)N(CC)CC1CCN(C)CC1. The van der Waals surface area contributed by atoms with Crippen LogP contribution in [-0.4, -0.2) is 84.8 Å². The second-order valence-electron chi connectivity index (χ2n) is 13.9. The van der Waals surface area contributed by atoms with Gasteiger partial charge in [-0.05, 0) is 133 Å². The smallest absolute Gasteiger partial charge is 0.416 e. The van der Waals surface area contributed by atoms with Crippen molar-refractivity contribution in [3.63, 3.8) is 0 Å². The van der Waals surface area contributed by atoms with E-state index in [-0.39, 0.29) is 17.5 Å². The number of likely N-dealkylation sites (tertiary alicyclic amines) is 2. The molecule has 1 amide bonds. The summed E-state index contributed by atoms with van der Waals surface area (Å²) in [7, 11) is 2.12. The predicted octanol–water partition coefficient (Wildman–Crippen LogP) is 8.65. The lowest BCUT2D eigenvalue weighted by Gasteiger charge is -2.39. The monoisotopic (exact) mass is 726 g/mol. The van der Waals surface area contributed by atoms with E-state index in [9.17, 15) is 31.1 Å². The van der Waals surface area contributed by atoms with Crippen molar-refractivity contribution in [3.8, 4) is 5.75 Å². The molecule has 0 spiro atoms. The van der Waals surface area contributed by atoms with Crippen molar-refractivity contribution >= 4 is 11.6 Å². The van der Waals surface area contributed by atoms with Gasteiger partial charge in [0.15, 0.2) is 5.60 Å². The average Bonchev–Trinajstić information content (AvgIpc) is 3.10. The maximum Gasteiger partial charge on any atom is 0.416 e. The van der Waals surface area contributed by atoms with Crippen LogP contribution in [0, 0.1) is 5.92 Å². The van der Waals surface area contributed by atoms with Crippen molar-refractivity contribution in [2.24, 2.45) is 11.1 Å². The topological polar surface area (TPSA) is 57.6 Å². The summed E-state index contributed by atoms with van der Waals surface area (Å²) in [4.78, 5) is 26.1. The van der Waals surface area contributed by atoms with Gasteiger partial charge in [0.05, 0.1) is 11.1 Å². The fraction of sp³-hybridized carbons (Fsp3) is 0.632. The number of alkyl halides is 6. The van der Waals surface area contributed by atoms with Crippen molar-refractivity contribution in [1.29, 1.82) is 0 Å². The predicted molar refractivity (Wildman–Crippen MR) is 186 cm³/mol. The number of carbonyl (C=O) groups excluding carboxylic acids is 1. The number of hydrogen-bond donors (Lipinski definition) is 0. The Kier molecular flexibility index (Phi) is 14.2. The Hall–Kier alpha value is -3.32. The molecule has 0 aromatic heterocycles. The molecule has 2 saturated heterocycles. The zero-order valence-electron chi connectivity index (χ0n) is 30.2. The first-order valence-corrected chi connectivity index (χ1v) is 18.1. The van der Waals surface area contributed by atoms with Crippen LogP contribution in [0.3, 0.4) is 0 Å². The van der Waals surface area contributed by atoms with E-state index >= 15 is 0 Å². The van der Waals surface area contributed by atoms with E-state index in [1.54, 1.807) is 24.3 Å². The maximum atomic E-state index is 14.2. The first-order valence-electron chi connectivity index (χ1n) is 18.1. The Morgan fingerprint density at radius 1 is 0.882 bits per heavy atom. The van der Waals surface area contributed by atoms with E-state index in [0.29, 0.717) is 67.6 Å². The van der Waals surface area contributed by atoms with Crippen molar-refractivity contribution in [2.45, 2.75) is 96.7 Å². The van der Waals surface area contributed by atoms with Crippen LogP contribution >= 0.6 is 0 Å². The minimum atomic E-state index is -4.96. The number of piperidine rings is 2. The van der Waals surface area contributed by atoms with Crippen molar-refractivity contribution in [2.75, 3.05) is 52.9 Å². The number of benzene rings is 2. The molecule has 1 atom stereocenters. The fourth-order valence-electron chi connectivity index (χ4n) is 6.94. The van der Waals surface area contributed by atoms with Crippen LogP contribution in [0.1, 0.15) is 94.4 Å². The van der Waals surface area contributed by atoms with Gasteiger partial charge in [-0.25, -0.2) is 0 Å². The Morgan fingerprint density at radius 3 is 2.02 bits per heavy atom. The van der Waals surface area contributed by atoms with Crippen molar-refractivity contribution in [3.05, 3.63) is 64.7 Å². The van der Waals surface area contributed by atoms with Crippen LogP contribution in [-0.2, 0) is 28.6 Å². The van der Waals surface area contributed by atoms with Crippen molar-refractivity contribution in [1.82, 2.24) is 14.7 Å². The quantitative estimate of drug-likeness (QED) is 0.105. The van der Waals surface area contributed by atoms with Gasteiger partial charge < -0.3 is 19.4 Å². The highest BCUT2D eigenvalue weighted by Crippen LogP contribution is 2.37. The highest BCUT2D eigenvalue weighted by atomic mass is 19.4. The number of rotatable bonds is 15. The molecule has 51 heavy (non-hydrogen) atoms. The average molecular weight is 727 g/mol. The number of likely N-dealkylation sites (N-methyl/N-ethyl adjacent to an activating group) is 1. The molecule has 0 saturated carbocycles. The van der Waals surface area contributed by atoms with E-state index in [1.807, 2.05) is 25.7 Å². The van der Waals surface area contributed by atoms with E-state index in [1.165, 1.54) is 0 Å². The van der Waals surface area contributed by atoms with Gasteiger partial charge in [0, 0.05) is 25.2 Å². The molecule has 2 heterocycles. The largest absolute Gasteiger partial charge is 0.477 e. The third kappa shape index (κ3) is 11.3. The first-order chi connectivity index (χ1) is 24.2. The number of nitrogens with zero attached hydrogens (tertiary/aromatic N) is 4. The van der Waals surface area contributed by atoms with Crippen LogP contribution in [0.25, 0.3) is 0 Å². The number of oxime groups is 1. The third-order valence-corrected chi connectivity index (χ3v) is 9.98. The highest BCUT2D eigenvalue weighted by Gasteiger charge is 2.42. The molecule has 2 aliphatic heterocycles. The molecule has 0 bridgehead atoms. The van der Waals surface area contributed by atoms with E-state index in [2.05, 4.69) is 22.0 Å². The Morgan fingerprint density at radius 2 is 1.49 bits per heavy atom. The number of hydrogen-bond acceptors (Lipinski definition) is 6. The molecule has 7 nitrogen and oxygen atoms in total. The summed E-state index contributed by atoms with van der Waals surface area (Å²) in [6.07, 6.45) is -2.91. The normalized spacial score (nSPS) is 18.4. The van der Waals surface area contributed by atoms with Crippen molar-refractivity contribution < 1.29 is 40.7 Å².